The van der Waals surface area contributed by atoms with Gasteiger partial charge in [-0.3, -0.25) is 34.2 Å². The van der Waals surface area contributed by atoms with Crippen molar-refractivity contribution in [2.75, 3.05) is 64.2 Å². The molecule has 7 amide bonds. The predicted octanol–water partition coefficient (Wildman–Crippen LogP) is 5.84. The first-order valence-electron chi connectivity index (χ1n) is 25.4. The van der Waals surface area contributed by atoms with Crippen molar-refractivity contribution in [1.29, 1.82) is 0 Å². The van der Waals surface area contributed by atoms with Gasteiger partial charge < -0.3 is 35.4 Å². The van der Waals surface area contributed by atoms with Crippen LogP contribution in [0.4, 0.5) is 10.6 Å². The molecule has 0 spiro atoms. The van der Waals surface area contributed by atoms with Crippen molar-refractivity contribution in [3.05, 3.63) is 95.1 Å². The van der Waals surface area contributed by atoms with Gasteiger partial charge in [-0.2, -0.15) is 5.10 Å². The quantitative estimate of drug-likeness (QED) is 0.171. The van der Waals surface area contributed by atoms with Gasteiger partial charge in [0.15, 0.2) is 0 Å². The number of amides is 7. The second-order valence-electron chi connectivity index (χ2n) is 20.3. The summed E-state index contributed by atoms with van der Waals surface area (Å²) in [4.78, 5) is 88.0. The van der Waals surface area contributed by atoms with Crippen LogP contribution in [0, 0.1) is 5.92 Å². The molecule has 0 saturated carbocycles. The lowest BCUT2D eigenvalue weighted by Gasteiger charge is -2.45. The minimum atomic E-state index is -0.970. The van der Waals surface area contributed by atoms with Gasteiger partial charge in [0.25, 0.3) is 17.7 Å². The molecule has 17 heteroatoms. The maximum atomic E-state index is 13.8. The van der Waals surface area contributed by atoms with Crippen LogP contribution in [0.25, 0.3) is 11.3 Å². The fourth-order valence-electron chi connectivity index (χ4n) is 12.5. The minimum Gasteiger partial charge on any atom is -0.457 e. The molecule has 366 valence electrons. The molecule has 7 aliphatic rings. The molecule has 4 N–H and O–H groups in total. The Morgan fingerprint density at radius 2 is 1.27 bits per heavy atom. The molecule has 17 nitrogen and oxygen atoms in total. The standard InChI is InChI=1S/C53H62N10O7/c54-48(65)46-47(35-6-9-40(10-7-35)70-39-4-2-1-3-5-39)57-63-43(14-23-55-49(46)63)34-17-26-59(27-18-34)38-21-30-61(31-22-38)53(69)60-28-19-37(20-29-60)58-24-15-33(16-25-58)36-8-11-41-42(32-36)52(68)62(51(41)67)44-12-13-45(64)56-50(44)66/h1-11,32-34,37-38,43-44,55H,12-31H2,(H2,54,65)(H,56,64,66)/t43-,44?/m0/s1. The van der Waals surface area contributed by atoms with Gasteiger partial charge in [-0.05, 0) is 156 Å². The van der Waals surface area contributed by atoms with Crippen LogP contribution < -0.4 is 21.1 Å². The Hall–Kier alpha value is -6.59. The van der Waals surface area contributed by atoms with Crippen molar-refractivity contribution in [2.45, 2.75) is 101 Å². The largest absolute Gasteiger partial charge is 0.457 e. The number of nitrogens with zero attached hydrogens (tertiary/aromatic N) is 7. The number of anilines is 1. The third-order valence-corrected chi connectivity index (χ3v) is 16.4. The van der Waals surface area contributed by atoms with Gasteiger partial charge in [0.2, 0.25) is 11.8 Å². The summed E-state index contributed by atoms with van der Waals surface area (Å²) in [6, 6.07) is 23.0. The van der Waals surface area contributed by atoms with Crippen LogP contribution in [0.5, 0.6) is 11.5 Å². The summed E-state index contributed by atoms with van der Waals surface area (Å²) in [6.07, 6.45) is 9.00. The number of para-hydroxylation sites is 1. The van der Waals surface area contributed by atoms with Crippen LogP contribution in [-0.4, -0.2) is 147 Å². The maximum Gasteiger partial charge on any atom is 0.320 e. The molecule has 8 heterocycles. The number of fused-ring (bicyclic) bond motifs is 2. The number of carbonyl (C=O) groups is 6. The van der Waals surface area contributed by atoms with E-state index in [-0.39, 0.29) is 36.7 Å². The Morgan fingerprint density at radius 1 is 0.657 bits per heavy atom. The highest BCUT2D eigenvalue weighted by atomic mass is 16.5. The van der Waals surface area contributed by atoms with Gasteiger partial charge in [-0.1, -0.05) is 24.3 Å². The molecule has 2 atom stereocenters. The second kappa shape index (κ2) is 19.3. The van der Waals surface area contributed by atoms with Crippen molar-refractivity contribution in [2.24, 2.45) is 11.7 Å². The first-order chi connectivity index (χ1) is 34.1. The van der Waals surface area contributed by atoms with Gasteiger partial charge in [0.1, 0.15) is 34.6 Å². The predicted molar refractivity (Wildman–Crippen MR) is 260 cm³/mol. The molecule has 0 aliphatic carbocycles. The molecule has 5 fully saturated rings. The van der Waals surface area contributed by atoms with Crippen LogP contribution in [0.1, 0.15) is 119 Å². The van der Waals surface area contributed by atoms with E-state index in [1.54, 1.807) is 6.07 Å². The Kier molecular flexibility index (Phi) is 12.6. The lowest BCUT2D eigenvalue weighted by Crippen LogP contribution is -2.55. The van der Waals surface area contributed by atoms with E-state index >= 15 is 0 Å². The van der Waals surface area contributed by atoms with E-state index in [2.05, 4.69) is 30.2 Å². The van der Waals surface area contributed by atoms with E-state index in [0.29, 0.717) is 52.0 Å². The molecule has 1 aromatic heterocycles. The Balaban J connectivity index is 0.627. The number of urea groups is 1. The number of imide groups is 2. The Bertz CT molecular complexity index is 2660. The van der Waals surface area contributed by atoms with Crippen molar-refractivity contribution >= 4 is 41.4 Å². The molecule has 7 aliphatic heterocycles. The first-order valence-corrected chi connectivity index (χ1v) is 25.4. The summed E-state index contributed by atoms with van der Waals surface area (Å²) in [5, 5.41) is 10.8. The fraction of sp³-hybridized carbons (Fsp3) is 0.491. The summed E-state index contributed by atoms with van der Waals surface area (Å²) in [7, 11) is 0. The van der Waals surface area contributed by atoms with E-state index < -0.39 is 29.7 Å². The van der Waals surface area contributed by atoms with Crippen LogP contribution >= 0.6 is 0 Å². The summed E-state index contributed by atoms with van der Waals surface area (Å²) < 4.78 is 8.04. The zero-order chi connectivity index (χ0) is 48.0. The monoisotopic (exact) mass is 950 g/mol. The highest BCUT2D eigenvalue weighted by Gasteiger charge is 2.45. The van der Waals surface area contributed by atoms with Crippen molar-refractivity contribution < 1.29 is 33.5 Å². The Labute approximate surface area is 407 Å². The highest BCUT2D eigenvalue weighted by Crippen LogP contribution is 2.41. The fourth-order valence-corrected chi connectivity index (χ4v) is 12.5. The summed E-state index contributed by atoms with van der Waals surface area (Å²) >= 11 is 0. The van der Waals surface area contributed by atoms with Gasteiger partial charge in [-0.25, -0.2) is 9.48 Å². The van der Waals surface area contributed by atoms with Crippen molar-refractivity contribution in [1.82, 2.24) is 39.6 Å². The van der Waals surface area contributed by atoms with Crippen LogP contribution in [0.2, 0.25) is 0 Å². The summed E-state index contributed by atoms with van der Waals surface area (Å²) in [5.74, 6) is 0.417. The molecular formula is C53H62N10O7. The number of rotatable bonds is 9. The van der Waals surface area contributed by atoms with E-state index in [4.69, 9.17) is 15.6 Å². The molecule has 0 radical (unpaired) electrons. The Morgan fingerprint density at radius 3 is 1.90 bits per heavy atom. The number of carbonyl (C=O) groups excluding carboxylic acids is 6. The van der Waals surface area contributed by atoms with Crippen LogP contribution in [-0.2, 0) is 9.59 Å². The smallest absolute Gasteiger partial charge is 0.320 e. The molecule has 5 saturated heterocycles. The molecular weight excluding hydrogens is 889 g/mol. The van der Waals surface area contributed by atoms with E-state index in [1.807, 2.05) is 71.4 Å². The van der Waals surface area contributed by atoms with E-state index in [0.717, 1.165) is 138 Å². The molecule has 1 unspecified atom stereocenters. The number of piperidine rings is 5. The number of hydrogen-bond acceptors (Lipinski definition) is 11. The normalized spacial score (nSPS) is 23.5. The summed E-state index contributed by atoms with van der Waals surface area (Å²) in [5.41, 5.74) is 9.54. The maximum absolute atomic E-state index is 13.8. The van der Waals surface area contributed by atoms with Gasteiger partial charge >= 0.3 is 6.03 Å². The number of ether oxygens (including phenoxy) is 1. The average Bonchev–Trinajstić information content (AvgIpc) is 3.91. The zero-order valence-electron chi connectivity index (χ0n) is 39.6. The molecule has 11 rings (SSSR count). The topological polar surface area (TPSA) is 196 Å². The molecule has 3 aromatic carbocycles. The molecule has 0 bridgehead atoms. The van der Waals surface area contributed by atoms with Gasteiger partial charge in [-0.15, -0.1) is 0 Å². The lowest BCUT2D eigenvalue weighted by atomic mass is 9.85. The second-order valence-corrected chi connectivity index (χ2v) is 20.3. The number of hydrogen-bond donors (Lipinski definition) is 3. The summed E-state index contributed by atoms with van der Waals surface area (Å²) in [6.45, 7) is 7.70. The van der Waals surface area contributed by atoms with Crippen molar-refractivity contribution in [3.63, 3.8) is 0 Å². The van der Waals surface area contributed by atoms with E-state index in [9.17, 15) is 28.8 Å². The van der Waals surface area contributed by atoms with Gasteiger partial charge in [0, 0.05) is 56.8 Å². The number of aromatic nitrogens is 2. The third-order valence-electron chi connectivity index (χ3n) is 16.4. The lowest BCUT2D eigenvalue weighted by molar-refractivity contribution is -0.136. The number of nitrogens with one attached hydrogen (secondary N) is 2. The van der Waals surface area contributed by atoms with E-state index in [1.165, 1.54) is 0 Å². The SMILES string of the molecule is NC(=O)c1c(-c2ccc(Oc3ccccc3)cc2)nn2c1NCC[C@H]2C1CCN(C2CCN(C(=O)N3CCC(N4CCC(c5ccc6c(c5)C(=O)N(C5CCC(=O)NC5=O)C6=O)CC4)CC3)CC2)CC1. The highest BCUT2D eigenvalue weighted by molar-refractivity contribution is 6.23. The minimum absolute atomic E-state index is 0.0934. The van der Waals surface area contributed by atoms with Crippen LogP contribution in [0.15, 0.2) is 72.8 Å². The third kappa shape index (κ3) is 8.82. The number of benzene rings is 3. The first kappa shape index (κ1) is 45.8. The van der Waals surface area contributed by atoms with Crippen molar-refractivity contribution in [3.8, 4) is 22.8 Å². The average molecular weight is 951 g/mol. The number of nitrogens with two attached hydrogens (primary N) is 1. The zero-order valence-corrected chi connectivity index (χ0v) is 39.6. The number of likely N-dealkylation sites (tertiary alicyclic amines) is 4. The van der Waals surface area contributed by atoms with Gasteiger partial charge in [0.05, 0.1) is 17.2 Å². The van der Waals surface area contributed by atoms with Crippen LogP contribution in [0.3, 0.4) is 0 Å². The molecule has 4 aromatic rings. The molecule has 70 heavy (non-hydrogen) atoms. The number of primary amides is 1.